The predicted octanol–water partition coefficient (Wildman–Crippen LogP) is 4.84. The van der Waals surface area contributed by atoms with Crippen LogP contribution in [0.2, 0.25) is 5.02 Å². The number of halogens is 1. The molecule has 0 radical (unpaired) electrons. The van der Waals surface area contributed by atoms with Crippen molar-refractivity contribution < 1.29 is 9.66 Å². The Morgan fingerprint density at radius 3 is 2.37 bits per heavy atom. The number of nitro groups is 1. The minimum absolute atomic E-state index is 0.0661. The van der Waals surface area contributed by atoms with Crippen molar-refractivity contribution in [2.45, 2.75) is 6.92 Å². The molecule has 0 atom stereocenters. The zero-order valence-corrected chi connectivity index (χ0v) is 15.3. The summed E-state index contributed by atoms with van der Waals surface area (Å²) in [6, 6.07) is 12.2. The molecule has 9 heteroatoms. The molecule has 0 saturated heterocycles. The number of hydrogen-bond donors (Lipinski definition) is 2. The summed E-state index contributed by atoms with van der Waals surface area (Å²) in [5, 5.41) is 18.1. The highest BCUT2D eigenvalue weighted by Gasteiger charge is 2.24. The van der Waals surface area contributed by atoms with E-state index in [2.05, 4.69) is 20.6 Å². The van der Waals surface area contributed by atoms with Crippen LogP contribution in [0, 0.1) is 17.0 Å². The van der Waals surface area contributed by atoms with Crippen molar-refractivity contribution in [1.82, 2.24) is 9.97 Å². The number of hydrogen-bond acceptors (Lipinski definition) is 7. The maximum atomic E-state index is 11.7. The molecule has 0 aliphatic rings. The Bertz CT molecular complexity index is 979. The standard InChI is InChI=1S/C18H16ClN5O3/c1-11-14(19)4-3-5-15(11)23-18-16(24(25)26)17(20-10-21-18)22-12-6-8-13(27-2)9-7-12/h3-10H,1-2H3,(H2,20,21,22,23). The van der Waals surface area contributed by atoms with Gasteiger partial charge in [-0.05, 0) is 48.9 Å². The van der Waals surface area contributed by atoms with Crippen molar-refractivity contribution in [2.24, 2.45) is 0 Å². The first-order valence-electron chi connectivity index (χ1n) is 7.92. The second-order valence-corrected chi connectivity index (χ2v) is 5.97. The summed E-state index contributed by atoms with van der Waals surface area (Å²) in [5.74, 6) is 0.815. The third kappa shape index (κ3) is 4.06. The zero-order valence-electron chi connectivity index (χ0n) is 14.6. The van der Waals surface area contributed by atoms with E-state index in [1.54, 1.807) is 49.6 Å². The summed E-state index contributed by atoms with van der Waals surface area (Å²) in [6.07, 6.45) is 1.25. The molecule has 0 bridgehead atoms. The molecule has 2 aromatic carbocycles. The number of methoxy groups -OCH3 is 1. The summed E-state index contributed by atoms with van der Waals surface area (Å²) in [4.78, 5) is 19.2. The third-order valence-corrected chi connectivity index (χ3v) is 4.29. The number of anilines is 4. The number of rotatable bonds is 6. The maximum Gasteiger partial charge on any atom is 0.353 e. The molecule has 0 aliphatic carbocycles. The summed E-state index contributed by atoms with van der Waals surface area (Å²) in [7, 11) is 1.56. The molecule has 0 amide bonds. The van der Waals surface area contributed by atoms with Gasteiger partial charge in [0.15, 0.2) is 0 Å². The molecule has 0 spiro atoms. The number of aromatic nitrogens is 2. The Balaban J connectivity index is 1.97. The summed E-state index contributed by atoms with van der Waals surface area (Å²) in [5.41, 5.74) is 1.74. The zero-order chi connectivity index (χ0) is 19.4. The van der Waals surface area contributed by atoms with Crippen LogP contribution in [0.4, 0.5) is 28.7 Å². The molecule has 8 nitrogen and oxygen atoms in total. The molecule has 3 aromatic rings. The molecule has 27 heavy (non-hydrogen) atoms. The maximum absolute atomic E-state index is 11.7. The smallest absolute Gasteiger partial charge is 0.353 e. The van der Waals surface area contributed by atoms with Gasteiger partial charge in [0.2, 0.25) is 11.6 Å². The van der Waals surface area contributed by atoms with Gasteiger partial charge in [-0.2, -0.15) is 0 Å². The van der Waals surface area contributed by atoms with Gasteiger partial charge < -0.3 is 15.4 Å². The molecule has 1 heterocycles. The fourth-order valence-corrected chi connectivity index (χ4v) is 2.59. The summed E-state index contributed by atoms with van der Waals surface area (Å²) < 4.78 is 5.11. The largest absolute Gasteiger partial charge is 0.497 e. The quantitative estimate of drug-likeness (QED) is 0.462. The van der Waals surface area contributed by atoms with Gasteiger partial charge in [0, 0.05) is 16.4 Å². The lowest BCUT2D eigenvalue weighted by Crippen LogP contribution is -2.06. The highest BCUT2D eigenvalue weighted by atomic mass is 35.5. The highest BCUT2D eigenvalue weighted by molar-refractivity contribution is 6.31. The molecule has 0 aliphatic heterocycles. The van der Waals surface area contributed by atoms with Crippen molar-refractivity contribution in [3.05, 3.63) is 69.5 Å². The van der Waals surface area contributed by atoms with Crippen LogP contribution in [0.15, 0.2) is 48.8 Å². The first-order chi connectivity index (χ1) is 13.0. The summed E-state index contributed by atoms with van der Waals surface area (Å²) in [6.45, 7) is 1.81. The Kier molecular flexibility index (Phi) is 5.37. The number of nitrogens with one attached hydrogen (secondary N) is 2. The first-order valence-corrected chi connectivity index (χ1v) is 8.30. The fraction of sp³-hybridized carbons (Fsp3) is 0.111. The first kappa shape index (κ1) is 18.4. The SMILES string of the molecule is COc1ccc(Nc2ncnc(Nc3cccc(Cl)c3C)c2[N+](=O)[O-])cc1. The van der Waals surface area contributed by atoms with E-state index in [-0.39, 0.29) is 17.3 Å². The van der Waals surface area contributed by atoms with E-state index < -0.39 is 4.92 Å². The van der Waals surface area contributed by atoms with Gasteiger partial charge in [0.1, 0.15) is 12.1 Å². The second-order valence-electron chi connectivity index (χ2n) is 5.57. The van der Waals surface area contributed by atoms with E-state index >= 15 is 0 Å². The number of nitrogens with zero attached hydrogens (tertiary/aromatic N) is 3. The minimum Gasteiger partial charge on any atom is -0.497 e. The highest BCUT2D eigenvalue weighted by Crippen LogP contribution is 2.34. The van der Waals surface area contributed by atoms with Gasteiger partial charge in [-0.1, -0.05) is 17.7 Å². The van der Waals surface area contributed by atoms with Gasteiger partial charge in [-0.25, -0.2) is 9.97 Å². The van der Waals surface area contributed by atoms with Crippen LogP contribution in [-0.2, 0) is 0 Å². The molecular weight excluding hydrogens is 370 g/mol. The van der Waals surface area contributed by atoms with E-state index in [0.29, 0.717) is 22.1 Å². The Labute approximate surface area is 160 Å². The molecule has 1 aromatic heterocycles. The van der Waals surface area contributed by atoms with E-state index in [9.17, 15) is 10.1 Å². The average molecular weight is 386 g/mol. The van der Waals surface area contributed by atoms with E-state index in [0.717, 1.165) is 5.56 Å². The van der Waals surface area contributed by atoms with Crippen LogP contribution in [0.1, 0.15) is 5.56 Å². The van der Waals surface area contributed by atoms with Gasteiger partial charge in [0.05, 0.1) is 12.0 Å². The van der Waals surface area contributed by atoms with E-state index in [1.165, 1.54) is 6.33 Å². The van der Waals surface area contributed by atoms with Crippen molar-refractivity contribution >= 4 is 40.3 Å². The van der Waals surface area contributed by atoms with Gasteiger partial charge in [0.25, 0.3) is 0 Å². The Morgan fingerprint density at radius 2 is 1.74 bits per heavy atom. The van der Waals surface area contributed by atoms with Crippen LogP contribution in [0.5, 0.6) is 5.75 Å². The van der Waals surface area contributed by atoms with Crippen LogP contribution in [-0.4, -0.2) is 22.0 Å². The topological polar surface area (TPSA) is 102 Å². The van der Waals surface area contributed by atoms with E-state index in [1.807, 2.05) is 6.92 Å². The van der Waals surface area contributed by atoms with Crippen LogP contribution < -0.4 is 15.4 Å². The van der Waals surface area contributed by atoms with Crippen LogP contribution in [0.3, 0.4) is 0 Å². The summed E-state index contributed by atoms with van der Waals surface area (Å²) >= 11 is 6.12. The molecule has 0 fully saturated rings. The molecular formula is C18H16ClN5O3. The molecule has 0 unspecified atom stereocenters. The van der Waals surface area contributed by atoms with Crippen molar-refractivity contribution in [3.63, 3.8) is 0 Å². The lowest BCUT2D eigenvalue weighted by atomic mass is 10.2. The lowest BCUT2D eigenvalue weighted by molar-refractivity contribution is -0.383. The van der Waals surface area contributed by atoms with Crippen molar-refractivity contribution in [2.75, 3.05) is 17.7 Å². The van der Waals surface area contributed by atoms with Crippen molar-refractivity contribution in [1.29, 1.82) is 0 Å². The second kappa shape index (κ2) is 7.88. The normalized spacial score (nSPS) is 10.3. The van der Waals surface area contributed by atoms with Gasteiger partial charge >= 0.3 is 5.69 Å². The van der Waals surface area contributed by atoms with Crippen molar-refractivity contribution in [3.8, 4) is 5.75 Å². The van der Waals surface area contributed by atoms with Gasteiger partial charge in [-0.3, -0.25) is 10.1 Å². The fourth-order valence-electron chi connectivity index (χ4n) is 2.42. The molecule has 0 saturated carbocycles. The average Bonchev–Trinajstić information content (AvgIpc) is 2.66. The Hall–Kier alpha value is -3.39. The van der Waals surface area contributed by atoms with Crippen LogP contribution >= 0.6 is 11.6 Å². The molecule has 2 N–H and O–H groups in total. The van der Waals surface area contributed by atoms with Crippen LogP contribution in [0.25, 0.3) is 0 Å². The third-order valence-electron chi connectivity index (χ3n) is 3.88. The number of ether oxygens (including phenoxy) is 1. The minimum atomic E-state index is -0.534. The monoisotopic (exact) mass is 385 g/mol. The lowest BCUT2D eigenvalue weighted by Gasteiger charge is -2.12. The molecule has 138 valence electrons. The van der Waals surface area contributed by atoms with Gasteiger partial charge in [-0.15, -0.1) is 0 Å². The predicted molar refractivity (Wildman–Crippen MR) is 104 cm³/mol. The number of benzene rings is 2. The van der Waals surface area contributed by atoms with E-state index in [4.69, 9.17) is 16.3 Å². The Morgan fingerprint density at radius 1 is 1.07 bits per heavy atom. The molecule has 3 rings (SSSR count).